The van der Waals surface area contributed by atoms with Crippen molar-refractivity contribution in [1.29, 1.82) is 0 Å². The Bertz CT molecular complexity index is 1590. The van der Waals surface area contributed by atoms with Crippen molar-refractivity contribution in [3.63, 3.8) is 0 Å². The lowest BCUT2D eigenvalue weighted by atomic mass is 9.95. The van der Waals surface area contributed by atoms with E-state index in [-0.39, 0.29) is 12.2 Å². The highest BCUT2D eigenvalue weighted by Crippen LogP contribution is 2.36. The van der Waals surface area contributed by atoms with Crippen LogP contribution in [0.25, 0.3) is 6.08 Å². The van der Waals surface area contributed by atoms with Crippen LogP contribution < -0.4 is 29.3 Å². The molecule has 40 heavy (non-hydrogen) atoms. The van der Waals surface area contributed by atoms with Crippen molar-refractivity contribution in [3.05, 3.63) is 72.6 Å². The molecule has 0 radical (unpaired) electrons. The summed E-state index contributed by atoms with van der Waals surface area (Å²) in [4.78, 5) is 34.5. The summed E-state index contributed by atoms with van der Waals surface area (Å²) in [6.07, 6.45) is 5.28. The molecule has 4 heterocycles. The fraction of sp³-hybridized carbons (Fsp3) is 0.433. The largest absolute Gasteiger partial charge is 0.490 e. The number of allylic oxidation sites excluding steroid dienone is 1. The third kappa shape index (κ3) is 5.45. The lowest BCUT2D eigenvalue weighted by Crippen LogP contribution is -2.40. The highest BCUT2D eigenvalue weighted by Gasteiger charge is 2.34. The molecule has 0 saturated carbocycles. The lowest BCUT2D eigenvalue weighted by molar-refractivity contribution is -0.139. The number of thiazole rings is 1. The van der Waals surface area contributed by atoms with Gasteiger partial charge in [0.15, 0.2) is 22.2 Å². The van der Waals surface area contributed by atoms with Gasteiger partial charge in [-0.2, -0.15) is 0 Å². The fourth-order valence-corrected chi connectivity index (χ4v) is 6.20. The number of piperidine rings is 1. The van der Waals surface area contributed by atoms with Crippen molar-refractivity contribution in [1.82, 2.24) is 4.57 Å². The minimum Gasteiger partial charge on any atom is -0.490 e. The second-order valence-corrected chi connectivity index (χ2v) is 10.6. The standard InChI is InChI=1S/C30H35N3O6S/c1-5-36-22-13-11-20(17-23(22)37-6-2)27-26(29(35)38-7-3)19(4)31-30-33(27)28(34)24(40-30)18-21-12-14-25(39-21)32-15-9-8-10-16-32/h11-14,17-18,27H,5-10,15-16H2,1-4H3/b24-18-/t27-/m0/s1. The first-order chi connectivity index (χ1) is 19.4. The summed E-state index contributed by atoms with van der Waals surface area (Å²) in [5, 5.41) is 0. The number of rotatable bonds is 9. The zero-order valence-electron chi connectivity index (χ0n) is 23.4. The molecule has 1 aromatic carbocycles. The van der Waals surface area contributed by atoms with E-state index in [4.69, 9.17) is 18.6 Å². The molecular weight excluding hydrogens is 530 g/mol. The zero-order chi connectivity index (χ0) is 28.2. The average Bonchev–Trinajstić information content (AvgIpc) is 3.54. The highest BCUT2D eigenvalue weighted by molar-refractivity contribution is 7.07. The molecule has 0 spiro atoms. The van der Waals surface area contributed by atoms with Crippen LogP contribution in [0.5, 0.6) is 11.5 Å². The number of carbonyl (C=O) groups excluding carboxylic acids is 1. The monoisotopic (exact) mass is 565 g/mol. The Kier molecular flexibility index (Phi) is 8.44. The molecule has 0 unspecified atom stereocenters. The van der Waals surface area contributed by atoms with Gasteiger partial charge < -0.3 is 23.5 Å². The molecular formula is C30H35N3O6S. The van der Waals surface area contributed by atoms with Gasteiger partial charge >= 0.3 is 5.97 Å². The summed E-state index contributed by atoms with van der Waals surface area (Å²) in [6.45, 7) is 10.4. The van der Waals surface area contributed by atoms with Gasteiger partial charge in [0.2, 0.25) is 0 Å². The van der Waals surface area contributed by atoms with Gasteiger partial charge in [-0.15, -0.1) is 0 Å². The number of fused-ring (bicyclic) bond motifs is 1. The number of furan rings is 1. The van der Waals surface area contributed by atoms with Crippen molar-refractivity contribution in [2.45, 2.75) is 53.0 Å². The number of carbonyl (C=O) groups is 1. The van der Waals surface area contributed by atoms with Gasteiger partial charge in [-0.05, 0) is 70.7 Å². The number of benzene rings is 1. The molecule has 0 aliphatic carbocycles. The Labute approximate surface area is 237 Å². The first-order valence-electron chi connectivity index (χ1n) is 13.9. The summed E-state index contributed by atoms with van der Waals surface area (Å²) >= 11 is 1.27. The predicted octanol–water partition coefficient (Wildman–Crippen LogP) is 4.18. The summed E-state index contributed by atoms with van der Waals surface area (Å²) in [6, 6.07) is 8.58. The fourth-order valence-electron chi connectivity index (χ4n) is 5.18. The van der Waals surface area contributed by atoms with Crippen LogP contribution in [0.15, 0.2) is 55.8 Å². The van der Waals surface area contributed by atoms with E-state index < -0.39 is 12.0 Å². The molecule has 0 amide bonds. The Morgan fingerprint density at radius 1 is 1.05 bits per heavy atom. The smallest absolute Gasteiger partial charge is 0.338 e. The van der Waals surface area contributed by atoms with E-state index in [1.54, 1.807) is 24.5 Å². The van der Waals surface area contributed by atoms with Crippen LogP contribution >= 0.6 is 11.3 Å². The summed E-state index contributed by atoms with van der Waals surface area (Å²) in [7, 11) is 0. The van der Waals surface area contributed by atoms with Gasteiger partial charge in [0.25, 0.3) is 5.56 Å². The third-order valence-electron chi connectivity index (χ3n) is 6.95. The quantitative estimate of drug-likeness (QED) is 0.359. The zero-order valence-corrected chi connectivity index (χ0v) is 24.2. The number of anilines is 1. The third-order valence-corrected chi connectivity index (χ3v) is 7.94. The highest BCUT2D eigenvalue weighted by atomic mass is 32.1. The van der Waals surface area contributed by atoms with E-state index in [0.29, 0.717) is 56.6 Å². The normalized spacial score (nSPS) is 17.4. The van der Waals surface area contributed by atoms with Gasteiger partial charge in [0.05, 0.1) is 41.7 Å². The van der Waals surface area contributed by atoms with Gasteiger partial charge in [0, 0.05) is 25.2 Å². The summed E-state index contributed by atoms with van der Waals surface area (Å²) < 4.78 is 25.1. The first-order valence-corrected chi connectivity index (χ1v) is 14.7. The maximum absolute atomic E-state index is 13.9. The first kappa shape index (κ1) is 27.8. The van der Waals surface area contributed by atoms with Crippen molar-refractivity contribution in [3.8, 4) is 11.5 Å². The molecule has 0 bridgehead atoms. The SMILES string of the molecule is CCOC(=O)C1=C(C)N=c2s/c(=C\c3ccc(N4CCCCC4)o3)c(=O)n2[C@H]1c1ccc(OCC)c(OCC)c1. The minimum atomic E-state index is -0.743. The lowest BCUT2D eigenvalue weighted by Gasteiger charge is -2.25. The average molecular weight is 566 g/mol. The second kappa shape index (κ2) is 12.2. The second-order valence-electron chi connectivity index (χ2n) is 9.60. The van der Waals surface area contributed by atoms with Crippen LogP contribution in [-0.2, 0) is 9.53 Å². The van der Waals surface area contributed by atoms with Crippen molar-refractivity contribution in [2.24, 2.45) is 4.99 Å². The van der Waals surface area contributed by atoms with Gasteiger partial charge in [-0.25, -0.2) is 9.79 Å². The van der Waals surface area contributed by atoms with Crippen LogP contribution in [0.2, 0.25) is 0 Å². The van der Waals surface area contributed by atoms with Crippen LogP contribution in [0, 0.1) is 0 Å². The molecule has 3 aromatic rings. The number of hydrogen-bond acceptors (Lipinski definition) is 9. The van der Waals surface area contributed by atoms with E-state index in [9.17, 15) is 9.59 Å². The molecule has 2 aliphatic rings. The minimum absolute atomic E-state index is 0.206. The Hall–Kier alpha value is -3.79. The number of esters is 1. The molecule has 1 atom stereocenters. The maximum Gasteiger partial charge on any atom is 0.338 e. The molecule has 1 fully saturated rings. The Balaban J connectivity index is 1.62. The van der Waals surface area contributed by atoms with Gasteiger partial charge in [-0.1, -0.05) is 17.4 Å². The van der Waals surface area contributed by atoms with E-state index in [1.807, 2.05) is 44.2 Å². The van der Waals surface area contributed by atoms with Crippen LogP contribution in [-0.4, -0.2) is 43.4 Å². The van der Waals surface area contributed by atoms with E-state index in [2.05, 4.69) is 9.89 Å². The van der Waals surface area contributed by atoms with E-state index in [1.165, 1.54) is 17.8 Å². The number of ether oxygens (including phenoxy) is 3. The molecule has 2 aliphatic heterocycles. The molecule has 2 aromatic heterocycles. The topological polar surface area (TPSA) is 95.5 Å². The van der Waals surface area contributed by atoms with Crippen LogP contribution in [0.3, 0.4) is 0 Å². The van der Waals surface area contributed by atoms with Gasteiger partial charge in [0.1, 0.15) is 5.76 Å². The molecule has 1 saturated heterocycles. The summed E-state index contributed by atoms with van der Waals surface area (Å²) in [5.74, 6) is 2.05. The van der Waals surface area contributed by atoms with Crippen LogP contribution in [0.4, 0.5) is 5.88 Å². The number of hydrogen-bond donors (Lipinski definition) is 0. The van der Waals surface area contributed by atoms with E-state index in [0.717, 1.165) is 31.8 Å². The summed E-state index contributed by atoms with van der Waals surface area (Å²) in [5.41, 5.74) is 1.26. The maximum atomic E-state index is 13.9. The van der Waals surface area contributed by atoms with Gasteiger partial charge in [-0.3, -0.25) is 9.36 Å². The number of nitrogens with zero attached hydrogens (tertiary/aromatic N) is 3. The van der Waals surface area contributed by atoms with Crippen molar-refractivity contribution in [2.75, 3.05) is 37.8 Å². The molecule has 212 valence electrons. The number of aromatic nitrogens is 1. The Morgan fingerprint density at radius 2 is 1.80 bits per heavy atom. The molecule has 10 heteroatoms. The van der Waals surface area contributed by atoms with Crippen molar-refractivity contribution < 1.29 is 23.4 Å². The van der Waals surface area contributed by atoms with Crippen molar-refractivity contribution >= 4 is 29.3 Å². The van der Waals surface area contributed by atoms with E-state index >= 15 is 0 Å². The molecule has 5 rings (SSSR count). The predicted molar refractivity (Wildman–Crippen MR) is 154 cm³/mol. The van der Waals surface area contributed by atoms with Crippen LogP contribution in [0.1, 0.15) is 64.3 Å². The molecule has 0 N–H and O–H groups in total. The molecule has 9 nitrogen and oxygen atoms in total. The Morgan fingerprint density at radius 3 is 2.52 bits per heavy atom.